The number of hydrogen-bond donors (Lipinski definition) is 2. The number of aliphatic hydroxyl groups excluding tert-OH is 1. The van der Waals surface area contributed by atoms with E-state index in [2.05, 4.69) is 10.1 Å². The number of alkyl halides is 2. The van der Waals surface area contributed by atoms with Crippen LogP contribution in [0.2, 0.25) is 0 Å². The van der Waals surface area contributed by atoms with Crippen LogP contribution in [0.5, 0.6) is 5.75 Å². The molecule has 0 bridgehead atoms. The fourth-order valence-electron chi connectivity index (χ4n) is 2.43. The van der Waals surface area contributed by atoms with Gasteiger partial charge in [-0.25, -0.2) is 0 Å². The van der Waals surface area contributed by atoms with Gasteiger partial charge in [-0.1, -0.05) is 42.0 Å². The number of ether oxygens (including phenoxy) is 1. The van der Waals surface area contributed by atoms with E-state index in [9.17, 15) is 18.7 Å². The highest BCUT2D eigenvalue weighted by Crippen LogP contribution is 2.20. The largest absolute Gasteiger partial charge is 0.435 e. The van der Waals surface area contributed by atoms with Crippen LogP contribution in [-0.2, 0) is 4.79 Å². The highest BCUT2D eigenvalue weighted by Gasteiger charge is 2.17. The molecule has 0 spiro atoms. The summed E-state index contributed by atoms with van der Waals surface area (Å²) in [7, 11) is 0. The molecule has 2 aromatic rings. The fourth-order valence-corrected chi connectivity index (χ4v) is 2.43. The molecule has 2 aromatic carbocycles. The topological polar surface area (TPSA) is 58.6 Å². The lowest BCUT2D eigenvalue weighted by Gasteiger charge is -2.16. The summed E-state index contributed by atoms with van der Waals surface area (Å²) in [6, 6.07) is 13.4. The van der Waals surface area contributed by atoms with Crippen LogP contribution in [0.1, 0.15) is 35.6 Å². The standard InChI is InChI=1S/C19H21F2NO3/c1-12-4-3-5-15(10-12)13(2)18(24)22-11-17(23)14-6-8-16(9-7-14)25-19(20)21/h3-10,13,17,19,23H,11H2,1-2H3,(H,22,24). The molecule has 0 aliphatic rings. The van der Waals surface area contributed by atoms with Gasteiger partial charge in [-0.05, 0) is 37.1 Å². The summed E-state index contributed by atoms with van der Waals surface area (Å²) in [5, 5.41) is 12.8. The smallest absolute Gasteiger partial charge is 0.387 e. The molecule has 4 nitrogen and oxygen atoms in total. The van der Waals surface area contributed by atoms with Crippen LogP contribution >= 0.6 is 0 Å². The first-order valence-electron chi connectivity index (χ1n) is 7.94. The van der Waals surface area contributed by atoms with Crippen molar-refractivity contribution < 1.29 is 23.4 Å². The van der Waals surface area contributed by atoms with Crippen molar-refractivity contribution in [3.63, 3.8) is 0 Å². The molecule has 1 amide bonds. The molecule has 0 heterocycles. The molecule has 2 unspecified atom stereocenters. The Bertz CT molecular complexity index is 704. The van der Waals surface area contributed by atoms with Gasteiger partial charge in [0.2, 0.25) is 5.91 Å². The van der Waals surface area contributed by atoms with Crippen LogP contribution in [0.15, 0.2) is 48.5 Å². The number of aliphatic hydroxyl groups is 1. The second kappa shape index (κ2) is 8.58. The maximum absolute atomic E-state index is 12.2. The summed E-state index contributed by atoms with van der Waals surface area (Å²) in [5.41, 5.74) is 2.48. The van der Waals surface area contributed by atoms with Gasteiger partial charge in [0.15, 0.2) is 0 Å². The average molecular weight is 349 g/mol. The van der Waals surface area contributed by atoms with Gasteiger partial charge in [0.05, 0.1) is 12.0 Å². The molecule has 0 saturated heterocycles. The summed E-state index contributed by atoms with van der Waals surface area (Å²) < 4.78 is 28.5. The third-order valence-electron chi connectivity index (χ3n) is 3.90. The highest BCUT2D eigenvalue weighted by molar-refractivity contribution is 5.83. The van der Waals surface area contributed by atoms with E-state index in [4.69, 9.17) is 0 Å². The van der Waals surface area contributed by atoms with Gasteiger partial charge in [0.25, 0.3) is 0 Å². The van der Waals surface area contributed by atoms with Crippen LogP contribution in [-0.4, -0.2) is 24.2 Å². The lowest BCUT2D eigenvalue weighted by molar-refractivity contribution is -0.122. The van der Waals surface area contributed by atoms with Crippen LogP contribution in [0.3, 0.4) is 0 Å². The number of carbonyl (C=O) groups is 1. The monoisotopic (exact) mass is 349 g/mol. The Morgan fingerprint density at radius 1 is 1.16 bits per heavy atom. The lowest BCUT2D eigenvalue weighted by Crippen LogP contribution is -2.31. The van der Waals surface area contributed by atoms with E-state index in [0.717, 1.165) is 11.1 Å². The number of amides is 1. The van der Waals surface area contributed by atoms with Gasteiger partial charge in [0, 0.05) is 6.54 Å². The first-order chi connectivity index (χ1) is 11.9. The molecule has 0 fully saturated rings. The zero-order valence-corrected chi connectivity index (χ0v) is 14.1. The number of aryl methyl sites for hydroxylation is 1. The summed E-state index contributed by atoms with van der Waals surface area (Å²) in [5.74, 6) is -0.515. The Morgan fingerprint density at radius 2 is 1.84 bits per heavy atom. The number of halogens is 2. The quantitative estimate of drug-likeness (QED) is 0.804. The normalized spacial score (nSPS) is 13.4. The van der Waals surface area contributed by atoms with E-state index in [1.54, 1.807) is 6.92 Å². The van der Waals surface area contributed by atoms with Gasteiger partial charge in [0.1, 0.15) is 5.75 Å². The SMILES string of the molecule is Cc1cccc(C(C)C(=O)NCC(O)c2ccc(OC(F)F)cc2)c1. The number of carbonyl (C=O) groups excluding carboxylic acids is 1. The number of rotatable bonds is 7. The Balaban J connectivity index is 1.90. The van der Waals surface area contributed by atoms with Crippen LogP contribution in [0, 0.1) is 6.92 Å². The minimum absolute atomic E-state index is 0.0167. The zero-order chi connectivity index (χ0) is 18.4. The van der Waals surface area contributed by atoms with Gasteiger partial charge in [-0.2, -0.15) is 8.78 Å². The zero-order valence-electron chi connectivity index (χ0n) is 14.1. The van der Waals surface area contributed by atoms with E-state index < -0.39 is 12.7 Å². The molecule has 2 atom stereocenters. The average Bonchev–Trinajstić information content (AvgIpc) is 2.58. The van der Waals surface area contributed by atoms with Crippen molar-refractivity contribution in [1.82, 2.24) is 5.32 Å². The molecule has 0 aliphatic heterocycles. The van der Waals surface area contributed by atoms with Crippen molar-refractivity contribution in [3.05, 3.63) is 65.2 Å². The van der Waals surface area contributed by atoms with Crippen molar-refractivity contribution >= 4 is 5.91 Å². The minimum atomic E-state index is -2.89. The van der Waals surface area contributed by atoms with Crippen LogP contribution in [0.4, 0.5) is 8.78 Å². The predicted octanol–water partition coefficient (Wildman–Crippen LogP) is 3.55. The Hall–Kier alpha value is -2.47. The van der Waals surface area contributed by atoms with Crippen molar-refractivity contribution in [2.24, 2.45) is 0 Å². The Labute approximate surface area is 145 Å². The molecule has 0 aliphatic carbocycles. The van der Waals surface area contributed by atoms with Crippen LogP contribution in [0.25, 0.3) is 0 Å². The first-order valence-corrected chi connectivity index (χ1v) is 7.94. The van der Waals surface area contributed by atoms with E-state index in [1.165, 1.54) is 24.3 Å². The van der Waals surface area contributed by atoms with Crippen molar-refractivity contribution in [1.29, 1.82) is 0 Å². The first kappa shape index (κ1) is 18.9. The third-order valence-corrected chi connectivity index (χ3v) is 3.90. The summed E-state index contributed by atoms with van der Waals surface area (Å²) in [4.78, 5) is 12.2. The van der Waals surface area contributed by atoms with Gasteiger partial charge >= 0.3 is 6.61 Å². The highest BCUT2D eigenvalue weighted by atomic mass is 19.3. The molecular formula is C19H21F2NO3. The maximum Gasteiger partial charge on any atom is 0.387 e. The van der Waals surface area contributed by atoms with Gasteiger partial charge in [-0.3, -0.25) is 4.79 Å². The minimum Gasteiger partial charge on any atom is -0.435 e. The molecule has 0 aromatic heterocycles. The maximum atomic E-state index is 12.2. The molecule has 2 N–H and O–H groups in total. The Morgan fingerprint density at radius 3 is 2.44 bits per heavy atom. The van der Waals surface area contributed by atoms with Crippen LogP contribution < -0.4 is 10.1 Å². The van der Waals surface area contributed by atoms with Crippen molar-refractivity contribution in [3.8, 4) is 5.75 Å². The second-order valence-electron chi connectivity index (χ2n) is 5.84. The molecule has 0 radical (unpaired) electrons. The molecular weight excluding hydrogens is 328 g/mol. The lowest BCUT2D eigenvalue weighted by atomic mass is 9.98. The van der Waals surface area contributed by atoms with Crippen molar-refractivity contribution in [2.75, 3.05) is 6.54 Å². The molecule has 0 saturated carbocycles. The summed E-state index contributed by atoms with van der Waals surface area (Å²) >= 11 is 0. The molecule has 6 heteroatoms. The van der Waals surface area contributed by atoms with E-state index in [0.29, 0.717) is 5.56 Å². The summed E-state index contributed by atoms with van der Waals surface area (Å²) in [6.07, 6.45) is -0.936. The number of nitrogens with one attached hydrogen (secondary N) is 1. The van der Waals surface area contributed by atoms with E-state index in [1.807, 2.05) is 31.2 Å². The fraction of sp³-hybridized carbons (Fsp3) is 0.316. The van der Waals surface area contributed by atoms with E-state index >= 15 is 0 Å². The summed E-state index contributed by atoms with van der Waals surface area (Å²) in [6.45, 7) is 0.897. The Kier molecular flexibility index (Phi) is 6.47. The van der Waals surface area contributed by atoms with E-state index in [-0.39, 0.29) is 24.1 Å². The third kappa shape index (κ3) is 5.53. The van der Waals surface area contributed by atoms with Crippen molar-refractivity contribution in [2.45, 2.75) is 32.5 Å². The predicted molar refractivity (Wildman–Crippen MR) is 90.6 cm³/mol. The van der Waals surface area contributed by atoms with Gasteiger partial charge < -0.3 is 15.2 Å². The second-order valence-corrected chi connectivity index (χ2v) is 5.84. The number of benzene rings is 2. The molecule has 25 heavy (non-hydrogen) atoms. The number of hydrogen-bond acceptors (Lipinski definition) is 3. The molecule has 2 rings (SSSR count). The molecule has 134 valence electrons. The van der Waals surface area contributed by atoms with Gasteiger partial charge in [-0.15, -0.1) is 0 Å².